The van der Waals surface area contributed by atoms with Crippen molar-refractivity contribution in [2.24, 2.45) is 11.8 Å². The lowest BCUT2D eigenvalue weighted by Gasteiger charge is -2.26. The van der Waals surface area contributed by atoms with Crippen LogP contribution in [0, 0.1) is 25.7 Å². The molecule has 6 rings (SSSR count). The molecule has 2 atom stereocenters. The number of pyridine rings is 2. The monoisotopic (exact) mass is 714 g/mol. The van der Waals surface area contributed by atoms with E-state index >= 15 is 0 Å². The first-order chi connectivity index (χ1) is 22.2. The summed E-state index contributed by atoms with van der Waals surface area (Å²) in [6.45, 7) is 11.8. The van der Waals surface area contributed by atoms with Crippen LogP contribution in [-0.2, 0) is 12.8 Å². The third-order valence-corrected chi connectivity index (χ3v) is 9.63. The highest BCUT2D eigenvalue weighted by molar-refractivity contribution is 6.11. The molecule has 2 aliphatic rings. The number of ketones is 2. The molecule has 0 amide bonds. The van der Waals surface area contributed by atoms with Gasteiger partial charge in [0.15, 0.2) is 11.6 Å². The second kappa shape index (κ2) is 19.2. The lowest BCUT2D eigenvalue weighted by molar-refractivity contribution is 0.0895. The predicted octanol–water partition coefficient (Wildman–Crippen LogP) is 5.96. The minimum atomic E-state index is -0.127. The molecule has 2 heterocycles. The molecular formula is C38H52Cl2N4O5. The zero-order chi connectivity index (χ0) is 32.8. The lowest BCUT2D eigenvalue weighted by Crippen LogP contribution is -2.33. The predicted molar refractivity (Wildman–Crippen MR) is 205 cm³/mol. The summed E-state index contributed by atoms with van der Waals surface area (Å²) in [5, 5.41) is 8.59. The maximum absolute atomic E-state index is 13.0. The van der Waals surface area contributed by atoms with E-state index in [1.807, 2.05) is 26.0 Å². The molecule has 0 aliphatic heterocycles. The van der Waals surface area contributed by atoms with Gasteiger partial charge in [-0.05, 0) is 112 Å². The number of fused-ring (bicyclic) bond motifs is 6. The second-order valence-corrected chi connectivity index (χ2v) is 13.0. The van der Waals surface area contributed by atoms with E-state index in [0.717, 1.165) is 133 Å². The van der Waals surface area contributed by atoms with Gasteiger partial charge in [0.1, 0.15) is 0 Å². The number of rotatable bonds is 10. The topological polar surface area (TPSA) is 155 Å². The van der Waals surface area contributed by atoms with E-state index in [2.05, 4.69) is 34.4 Å². The maximum atomic E-state index is 13.0. The summed E-state index contributed by atoms with van der Waals surface area (Å²) in [6, 6.07) is 10.6. The number of unbranched alkanes of at least 4 members (excludes halogenated alkanes) is 2. The van der Waals surface area contributed by atoms with Crippen molar-refractivity contribution in [3.63, 3.8) is 0 Å². The highest BCUT2D eigenvalue weighted by Crippen LogP contribution is 2.34. The number of H-pyrrole nitrogens is 2. The average Bonchev–Trinajstić information content (AvgIpc) is 3.03. The van der Waals surface area contributed by atoms with Crippen molar-refractivity contribution in [3.05, 3.63) is 90.5 Å². The summed E-state index contributed by atoms with van der Waals surface area (Å²) in [5.41, 5.74) is 7.42. The number of carbonyl (C=O) groups excluding carboxylic acids is 2. The number of hydrogen-bond acceptors (Lipinski definition) is 6. The molecule has 6 N–H and O–H groups in total. The molecule has 49 heavy (non-hydrogen) atoms. The Kier molecular flexibility index (Phi) is 16.4. The molecule has 0 spiro atoms. The van der Waals surface area contributed by atoms with E-state index < -0.39 is 0 Å². The number of Topliss-reactive ketones (excluding diaryl/α,β-unsaturated/α-hetero) is 2. The largest absolute Gasteiger partial charge is 0.412 e. The molecule has 4 aromatic rings. The zero-order valence-electron chi connectivity index (χ0n) is 29.1. The van der Waals surface area contributed by atoms with E-state index in [4.69, 9.17) is 0 Å². The number of aryl methyl sites for hydroxylation is 2. The summed E-state index contributed by atoms with van der Waals surface area (Å²) in [7, 11) is 0. The summed E-state index contributed by atoms with van der Waals surface area (Å²) in [6.07, 6.45) is 8.27. The van der Waals surface area contributed by atoms with Crippen LogP contribution in [0.4, 0.5) is 0 Å². The van der Waals surface area contributed by atoms with Crippen LogP contribution < -0.4 is 21.8 Å². The van der Waals surface area contributed by atoms with Crippen molar-refractivity contribution >= 4 is 58.2 Å². The molecule has 2 unspecified atom stereocenters. The zero-order valence-corrected chi connectivity index (χ0v) is 30.7. The fourth-order valence-corrected chi connectivity index (χ4v) is 7.03. The van der Waals surface area contributed by atoms with E-state index in [1.54, 1.807) is 12.1 Å². The molecule has 2 aromatic carbocycles. The first-order valence-electron chi connectivity index (χ1n) is 17.0. The first-order valence-corrected chi connectivity index (χ1v) is 17.0. The molecule has 0 saturated carbocycles. The number of nitrogens with one attached hydrogen (secondary N) is 4. The highest BCUT2D eigenvalue weighted by atomic mass is 35.5. The summed E-state index contributed by atoms with van der Waals surface area (Å²) in [5.74, 6) is 0.513. The fraction of sp³-hybridized carbons (Fsp3) is 0.474. The Morgan fingerprint density at radius 1 is 0.653 bits per heavy atom. The van der Waals surface area contributed by atoms with Gasteiger partial charge in [-0.3, -0.25) is 19.2 Å². The van der Waals surface area contributed by atoms with Crippen LogP contribution in [0.2, 0.25) is 0 Å². The molecule has 2 aromatic heterocycles. The maximum Gasteiger partial charge on any atom is 0.248 e. The van der Waals surface area contributed by atoms with Crippen LogP contribution in [0.5, 0.6) is 0 Å². The Hall–Kier alpha value is -3.34. The minimum absolute atomic E-state index is 0. The van der Waals surface area contributed by atoms with Gasteiger partial charge in [-0.2, -0.15) is 0 Å². The van der Waals surface area contributed by atoms with E-state index in [-0.39, 0.29) is 64.8 Å². The Morgan fingerprint density at radius 3 is 1.41 bits per heavy atom. The molecule has 268 valence electrons. The van der Waals surface area contributed by atoms with Gasteiger partial charge in [0.2, 0.25) is 11.1 Å². The Balaban J connectivity index is 0.000000321. The molecule has 9 nitrogen and oxygen atoms in total. The minimum Gasteiger partial charge on any atom is -0.412 e. The SMILES string of the molecule is CCCCNCC1CCc2c(C)cc3[nH]c(=O)ccc3c2C1=O.CCCCNCC1CCc2c(C)cc3[nH]c(=O)ccc3c2C1=O.Cl.Cl.O. The van der Waals surface area contributed by atoms with Crippen molar-refractivity contribution in [1.29, 1.82) is 0 Å². The normalized spacial score (nSPS) is 16.4. The van der Waals surface area contributed by atoms with E-state index in [9.17, 15) is 19.2 Å². The summed E-state index contributed by atoms with van der Waals surface area (Å²) in [4.78, 5) is 54.8. The van der Waals surface area contributed by atoms with Crippen LogP contribution in [0.25, 0.3) is 21.8 Å². The van der Waals surface area contributed by atoms with Crippen LogP contribution in [0.15, 0.2) is 46.0 Å². The summed E-state index contributed by atoms with van der Waals surface area (Å²) < 4.78 is 0. The molecule has 11 heteroatoms. The first kappa shape index (κ1) is 41.8. The van der Waals surface area contributed by atoms with Gasteiger partial charge in [-0.15, -0.1) is 24.8 Å². The van der Waals surface area contributed by atoms with Crippen molar-refractivity contribution in [2.45, 2.75) is 79.1 Å². The Morgan fingerprint density at radius 2 is 1.04 bits per heavy atom. The smallest absolute Gasteiger partial charge is 0.248 e. The van der Waals surface area contributed by atoms with E-state index in [1.165, 1.54) is 12.1 Å². The Labute approximate surface area is 300 Å². The second-order valence-electron chi connectivity index (χ2n) is 13.0. The number of aromatic nitrogens is 2. The van der Waals surface area contributed by atoms with Crippen LogP contribution in [0.1, 0.15) is 95.3 Å². The van der Waals surface area contributed by atoms with Gasteiger partial charge in [0.25, 0.3) is 0 Å². The number of carbonyl (C=O) groups is 2. The standard InChI is InChI=1S/2C19H24N2O2.2ClH.H2O/c2*1-3-4-9-20-11-13-5-6-14-12(2)10-16-15(18(14)19(13)23)7-8-17(22)21-16;;;/h2*7-8,10,13,20H,3-6,9,11H2,1-2H3,(H,21,22);2*1H;1H2. The average molecular weight is 716 g/mol. The third-order valence-electron chi connectivity index (χ3n) is 9.63. The van der Waals surface area contributed by atoms with Gasteiger partial charge in [-0.1, -0.05) is 26.7 Å². The van der Waals surface area contributed by atoms with Crippen molar-refractivity contribution in [2.75, 3.05) is 26.2 Å². The number of benzene rings is 2. The molecule has 0 fully saturated rings. The van der Waals surface area contributed by atoms with Crippen molar-refractivity contribution in [1.82, 2.24) is 20.6 Å². The van der Waals surface area contributed by atoms with Crippen LogP contribution in [0.3, 0.4) is 0 Å². The quantitative estimate of drug-likeness (QED) is 0.149. The highest BCUT2D eigenvalue weighted by Gasteiger charge is 2.31. The van der Waals surface area contributed by atoms with Crippen LogP contribution in [-0.4, -0.2) is 53.2 Å². The van der Waals surface area contributed by atoms with Gasteiger partial charge < -0.3 is 26.1 Å². The molecule has 0 radical (unpaired) electrons. The third kappa shape index (κ3) is 9.47. The van der Waals surface area contributed by atoms with Gasteiger partial charge >= 0.3 is 0 Å². The van der Waals surface area contributed by atoms with Crippen molar-refractivity contribution < 1.29 is 15.1 Å². The lowest BCUT2D eigenvalue weighted by atomic mass is 9.79. The van der Waals surface area contributed by atoms with Crippen LogP contribution >= 0.6 is 24.8 Å². The molecule has 0 bridgehead atoms. The molecule has 2 aliphatic carbocycles. The molecule has 0 saturated heterocycles. The number of aromatic amines is 2. The molecular weight excluding hydrogens is 663 g/mol. The van der Waals surface area contributed by atoms with Crippen molar-refractivity contribution in [3.8, 4) is 0 Å². The number of hydrogen-bond donors (Lipinski definition) is 4. The van der Waals surface area contributed by atoms with Gasteiger partial charge in [0, 0.05) is 70.0 Å². The Bertz CT molecular complexity index is 1730. The summed E-state index contributed by atoms with van der Waals surface area (Å²) >= 11 is 0. The van der Waals surface area contributed by atoms with Gasteiger partial charge in [-0.25, -0.2) is 0 Å². The van der Waals surface area contributed by atoms with Gasteiger partial charge in [0.05, 0.1) is 0 Å². The fourth-order valence-electron chi connectivity index (χ4n) is 7.03. The number of halogens is 2. The van der Waals surface area contributed by atoms with E-state index in [0.29, 0.717) is 0 Å².